The van der Waals surface area contributed by atoms with Crippen molar-refractivity contribution >= 4 is 27.5 Å². The number of amides is 1. The normalized spacial score (nSPS) is 14.2. The van der Waals surface area contributed by atoms with Gasteiger partial charge in [-0.15, -0.1) is 0 Å². The van der Waals surface area contributed by atoms with Gasteiger partial charge in [-0.05, 0) is 36.6 Å². The average molecular weight is 300 g/mol. The Hall–Kier alpha value is -0.870. The van der Waals surface area contributed by atoms with Crippen molar-refractivity contribution in [2.24, 2.45) is 5.92 Å². The molecule has 0 aliphatic carbocycles. The highest BCUT2D eigenvalue weighted by Gasteiger charge is 2.21. The molecule has 0 saturated carbocycles. The Kier molecular flexibility index (Phi) is 5.15. The molecule has 0 heterocycles. The highest BCUT2D eigenvalue weighted by Crippen LogP contribution is 2.20. The number of aryl methyl sites for hydroxylation is 1. The van der Waals surface area contributed by atoms with Gasteiger partial charge in [-0.25, -0.2) is 0 Å². The summed E-state index contributed by atoms with van der Waals surface area (Å²) in [7, 11) is 0. The quantitative estimate of drug-likeness (QED) is 0.897. The van der Waals surface area contributed by atoms with Crippen molar-refractivity contribution in [1.82, 2.24) is 0 Å². The van der Waals surface area contributed by atoms with Gasteiger partial charge in [0.25, 0.3) is 5.91 Å². The number of carbonyl (C=O) groups is 1. The van der Waals surface area contributed by atoms with Gasteiger partial charge in [-0.1, -0.05) is 36.2 Å². The van der Waals surface area contributed by atoms with Gasteiger partial charge in [0, 0.05) is 10.2 Å². The summed E-state index contributed by atoms with van der Waals surface area (Å²) in [6, 6.07) is 5.60. The van der Waals surface area contributed by atoms with Gasteiger partial charge in [0.1, 0.15) is 6.10 Å². The Labute approximate surface area is 110 Å². The zero-order chi connectivity index (χ0) is 13.0. The summed E-state index contributed by atoms with van der Waals surface area (Å²) in [6.45, 7) is 5.72. The Bertz CT molecular complexity index is 406. The van der Waals surface area contributed by atoms with Crippen LogP contribution in [-0.2, 0) is 4.79 Å². The molecule has 0 spiro atoms. The molecule has 94 valence electrons. The molecule has 0 aliphatic heterocycles. The fourth-order valence-electron chi connectivity index (χ4n) is 1.46. The van der Waals surface area contributed by atoms with Crippen LogP contribution in [0.1, 0.15) is 25.8 Å². The van der Waals surface area contributed by atoms with Crippen molar-refractivity contribution < 1.29 is 9.90 Å². The fraction of sp³-hybridized carbons (Fsp3) is 0.462. The molecule has 0 bridgehead atoms. The van der Waals surface area contributed by atoms with Crippen LogP contribution < -0.4 is 5.32 Å². The molecule has 1 amide bonds. The Morgan fingerprint density at radius 1 is 1.53 bits per heavy atom. The topological polar surface area (TPSA) is 49.3 Å². The van der Waals surface area contributed by atoms with E-state index >= 15 is 0 Å². The predicted octanol–water partition coefficient (Wildman–Crippen LogP) is 3.10. The van der Waals surface area contributed by atoms with E-state index in [2.05, 4.69) is 21.2 Å². The first-order chi connectivity index (χ1) is 7.95. The first kappa shape index (κ1) is 14.2. The molecule has 1 rings (SSSR count). The van der Waals surface area contributed by atoms with Crippen LogP contribution in [0.25, 0.3) is 0 Å². The SMILES string of the molecule is CC[C@H](C)[C@@H](O)C(=O)Nc1ccc(Br)cc1C. The molecule has 17 heavy (non-hydrogen) atoms. The van der Waals surface area contributed by atoms with Crippen molar-refractivity contribution in [3.05, 3.63) is 28.2 Å². The van der Waals surface area contributed by atoms with Gasteiger partial charge < -0.3 is 10.4 Å². The van der Waals surface area contributed by atoms with E-state index in [-0.39, 0.29) is 11.8 Å². The number of carbonyl (C=O) groups excluding carboxylic acids is 1. The van der Waals surface area contributed by atoms with Crippen LogP contribution in [0, 0.1) is 12.8 Å². The molecular weight excluding hydrogens is 282 g/mol. The lowest BCUT2D eigenvalue weighted by molar-refractivity contribution is -0.126. The van der Waals surface area contributed by atoms with Crippen LogP contribution in [0.4, 0.5) is 5.69 Å². The van der Waals surface area contributed by atoms with Crippen molar-refractivity contribution in [2.75, 3.05) is 5.32 Å². The van der Waals surface area contributed by atoms with E-state index in [4.69, 9.17) is 0 Å². The monoisotopic (exact) mass is 299 g/mol. The Morgan fingerprint density at radius 3 is 2.71 bits per heavy atom. The van der Waals surface area contributed by atoms with Gasteiger partial charge in [0.15, 0.2) is 0 Å². The van der Waals surface area contributed by atoms with Crippen LogP contribution in [-0.4, -0.2) is 17.1 Å². The second-order valence-electron chi connectivity index (χ2n) is 4.28. The largest absolute Gasteiger partial charge is 0.383 e. The zero-order valence-corrected chi connectivity index (χ0v) is 11.9. The van der Waals surface area contributed by atoms with Crippen LogP contribution in [0.5, 0.6) is 0 Å². The lowest BCUT2D eigenvalue weighted by Crippen LogP contribution is -2.33. The van der Waals surface area contributed by atoms with Crippen LogP contribution in [0.2, 0.25) is 0 Å². The van der Waals surface area contributed by atoms with Crippen molar-refractivity contribution in [3.8, 4) is 0 Å². The summed E-state index contributed by atoms with van der Waals surface area (Å²) in [5.41, 5.74) is 1.70. The van der Waals surface area contributed by atoms with Gasteiger partial charge >= 0.3 is 0 Å². The first-order valence-electron chi connectivity index (χ1n) is 5.70. The number of rotatable bonds is 4. The van der Waals surface area contributed by atoms with Gasteiger partial charge in [-0.2, -0.15) is 0 Å². The molecule has 3 nitrogen and oxygen atoms in total. The lowest BCUT2D eigenvalue weighted by atomic mass is 10.0. The molecule has 1 aromatic carbocycles. The number of benzene rings is 1. The van der Waals surface area contributed by atoms with Crippen LogP contribution in [0.3, 0.4) is 0 Å². The molecule has 0 fully saturated rings. The summed E-state index contributed by atoms with van der Waals surface area (Å²) >= 11 is 3.36. The summed E-state index contributed by atoms with van der Waals surface area (Å²) in [5, 5.41) is 12.5. The van der Waals surface area contributed by atoms with Gasteiger partial charge in [0.05, 0.1) is 0 Å². The van der Waals surface area contributed by atoms with E-state index in [0.29, 0.717) is 0 Å². The number of hydrogen-bond acceptors (Lipinski definition) is 2. The number of aliphatic hydroxyl groups is 1. The lowest BCUT2D eigenvalue weighted by Gasteiger charge is -2.17. The summed E-state index contributed by atoms with van der Waals surface area (Å²) in [4.78, 5) is 11.8. The van der Waals surface area contributed by atoms with Crippen molar-refractivity contribution in [3.63, 3.8) is 0 Å². The Morgan fingerprint density at radius 2 is 2.18 bits per heavy atom. The van der Waals surface area contributed by atoms with Crippen LogP contribution >= 0.6 is 15.9 Å². The third-order valence-corrected chi connectivity index (χ3v) is 3.39. The molecular formula is C13H18BrNO2. The summed E-state index contributed by atoms with van der Waals surface area (Å²) in [6.07, 6.45) is -0.184. The van der Waals surface area contributed by atoms with Crippen LogP contribution in [0.15, 0.2) is 22.7 Å². The zero-order valence-electron chi connectivity index (χ0n) is 10.3. The molecule has 0 saturated heterocycles. The Balaban J connectivity index is 2.74. The first-order valence-corrected chi connectivity index (χ1v) is 6.50. The summed E-state index contributed by atoms with van der Waals surface area (Å²) < 4.78 is 0.968. The number of halogens is 1. The maximum atomic E-state index is 11.8. The highest BCUT2D eigenvalue weighted by atomic mass is 79.9. The van der Waals surface area contributed by atoms with E-state index in [0.717, 1.165) is 22.1 Å². The number of aliphatic hydroxyl groups excluding tert-OH is 1. The maximum Gasteiger partial charge on any atom is 0.253 e. The molecule has 0 aliphatic rings. The van der Waals surface area contributed by atoms with E-state index in [1.54, 1.807) is 0 Å². The van der Waals surface area contributed by atoms with E-state index in [1.165, 1.54) is 0 Å². The highest BCUT2D eigenvalue weighted by molar-refractivity contribution is 9.10. The predicted molar refractivity (Wildman–Crippen MR) is 73.0 cm³/mol. The second kappa shape index (κ2) is 6.17. The minimum Gasteiger partial charge on any atom is -0.383 e. The average Bonchev–Trinajstić information content (AvgIpc) is 2.30. The van der Waals surface area contributed by atoms with Gasteiger partial charge in [-0.3, -0.25) is 4.79 Å². The van der Waals surface area contributed by atoms with Crippen molar-refractivity contribution in [1.29, 1.82) is 0 Å². The number of nitrogens with one attached hydrogen (secondary N) is 1. The maximum absolute atomic E-state index is 11.8. The molecule has 0 unspecified atom stereocenters. The molecule has 1 aromatic rings. The third kappa shape index (κ3) is 3.82. The minimum atomic E-state index is -0.956. The molecule has 2 atom stereocenters. The minimum absolute atomic E-state index is 0.0363. The molecule has 0 aromatic heterocycles. The van der Waals surface area contributed by atoms with E-state index in [9.17, 15) is 9.90 Å². The van der Waals surface area contributed by atoms with Crippen molar-refractivity contribution in [2.45, 2.75) is 33.3 Å². The molecule has 4 heteroatoms. The number of anilines is 1. The summed E-state index contributed by atoms with van der Waals surface area (Å²) in [5.74, 6) is -0.379. The smallest absolute Gasteiger partial charge is 0.253 e. The second-order valence-corrected chi connectivity index (χ2v) is 5.19. The standard InChI is InChI=1S/C13H18BrNO2/c1-4-8(2)12(16)13(17)15-11-6-5-10(14)7-9(11)3/h5-8,12,16H,4H2,1-3H3,(H,15,17)/t8-,12+/m0/s1. The van der Waals surface area contributed by atoms with Gasteiger partial charge in [0.2, 0.25) is 0 Å². The van der Waals surface area contributed by atoms with E-state index < -0.39 is 6.10 Å². The third-order valence-electron chi connectivity index (χ3n) is 2.90. The molecule has 2 N–H and O–H groups in total. The number of hydrogen-bond donors (Lipinski definition) is 2. The fourth-order valence-corrected chi connectivity index (χ4v) is 1.93. The van der Waals surface area contributed by atoms with E-state index in [1.807, 2.05) is 39.0 Å². The molecule has 0 radical (unpaired) electrons.